The van der Waals surface area contributed by atoms with Crippen LogP contribution in [0, 0.1) is 0 Å². The Bertz CT molecular complexity index is 907. The van der Waals surface area contributed by atoms with Gasteiger partial charge in [0.2, 0.25) is 5.78 Å². The summed E-state index contributed by atoms with van der Waals surface area (Å²) in [4.78, 5) is 47.7. The van der Waals surface area contributed by atoms with E-state index >= 15 is 0 Å². The minimum Gasteiger partial charge on any atom is -0.480 e. The second kappa shape index (κ2) is 13.4. The number of ether oxygens (including phenoxy) is 4. The van der Waals surface area contributed by atoms with Crippen LogP contribution in [0.5, 0.6) is 0 Å². The van der Waals surface area contributed by atoms with Gasteiger partial charge in [0.05, 0.1) is 24.0 Å². The molecule has 0 aliphatic carbocycles. The summed E-state index contributed by atoms with van der Waals surface area (Å²) in [6.07, 6.45) is 0. The number of ketones is 1. The Morgan fingerprint density at radius 2 is 1.53 bits per heavy atom. The summed E-state index contributed by atoms with van der Waals surface area (Å²) in [5.41, 5.74) is 0.583. The number of esters is 2. The van der Waals surface area contributed by atoms with Crippen LogP contribution in [0.2, 0.25) is 0 Å². The minimum absolute atomic E-state index is 0.00522. The van der Waals surface area contributed by atoms with Gasteiger partial charge in [-0.1, -0.05) is 30.3 Å². The summed E-state index contributed by atoms with van der Waals surface area (Å²) in [6, 6.07) is 12.3. The molecule has 172 valence electrons. The molecule has 1 aromatic heterocycles. The molecule has 32 heavy (non-hydrogen) atoms. The molecule has 1 aromatic carbocycles. The molecular weight excluding hydrogens is 440 g/mol. The van der Waals surface area contributed by atoms with Crippen LogP contribution in [0.15, 0.2) is 42.5 Å². The average molecular weight is 464 g/mol. The first-order valence-electron chi connectivity index (χ1n) is 9.77. The Morgan fingerprint density at radius 1 is 0.875 bits per heavy atom. The van der Waals surface area contributed by atoms with Gasteiger partial charge in [-0.25, -0.2) is 9.59 Å². The number of carboxylic acids is 1. The summed E-state index contributed by atoms with van der Waals surface area (Å²) in [7, 11) is 0. The molecule has 1 atom stereocenters. The molecule has 2 aromatic rings. The molecule has 9 nitrogen and oxygen atoms in total. The molecule has 0 bridgehead atoms. The van der Waals surface area contributed by atoms with Crippen molar-refractivity contribution in [3.63, 3.8) is 0 Å². The Morgan fingerprint density at radius 3 is 2.22 bits per heavy atom. The number of carbonyl (C=O) groups is 4. The van der Waals surface area contributed by atoms with E-state index in [1.165, 1.54) is 11.3 Å². The molecule has 1 heterocycles. The van der Waals surface area contributed by atoms with Gasteiger partial charge in [-0.05, 0) is 19.1 Å². The molecule has 0 fully saturated rings. The van der Waals surface area contributed by atoms with Crippen molar-refractivity contribution in [1.29, 1.82) is 0 Å². The first-order valence-corrected chi connectivity index (χ1v) is 10.6. The highest BCUT2D eigenvalue weighted by Crippen LogP contribution is 2.27. The minimum atomic E-state index is -1.11. The molecule has 2 rings (SSSR count). The largest absolute Gasteiger partial charge is 0.480 e. The Kier molecular flexibility index (Phi) is 10.5. The fourth-order valence-corrected chi connectivity index (χ4v) is 3.46. The van der Waals surface area contributed by atoms with Crippen molar-refractivity contribution >= 4 is 35.0 Å². The molecule has 0 aliphatic heterocycles. The zero-order valence-electron chi connectivity index (χ0n) is 17.5. The van der Waals surface area contributed by atoms with Gasteiger partial charge in [-0.2, -0.15) is 0 Å². The molecule has 0 saturated heterocycles. The maximum atomic E-state index is 12.5. The quantitative estimate of drug-likeness (QED) is 0.255. The van der Waals surface area contributed by atoms with Crippen LogP contribution in [0.1, 0.15) is 33.0 Å². The third-order valence-electron chi connectivity index (χ3n) is 4.08. The third kappa shape index (κ3) is 8.58. The summed E-state index contributed by atoms with van der Waals surface area (Å²) in [6.45, 7) is 0.739. The molecule has 0 amide bonds. The third-order valence-corrected chi connectivity index (χ3v) is 5.34. The highest BCUT2D eigenvalue weighted by molar-refractivity contribution is 7.14. The number of rotatable bonds is 14. The van der Waals surface area contributed by atoms with Crippen LogP contribution in [0.4, 0.5) is 0 Å². The van der Waals surface area contributed by atoms with Crippen LogP contribution >= 0.6 is 11.3 Å². The summed E-state index contributed by atoms with van der Waals surface area (Å²) in [5, 5.41) is 8.39. The fourth-order valence-electron chi connectivity index (χ4n) is 2.45. The first kappa shape index (κ1) is 25.2. The van der Waals surface area contributed by atoms with Crippen LogP contribution in [-0.2, 0) is 33.3 Å². The first-order chi connectivity index (χ1) is 15.4. The standard InChI is InChI=1S/C22H24O9S/c1-15(17-7-8-18(32-17)21(26)16-5-3-2-4-6-16)22(27)31-12-10-29-14-20(25)30-11-9-28-13-19(23)24/h2-8,15H,9-14H2,1H3,(H,23,24)/t15-/m1/s1. The van der Waals surface area contributed by atoms with E-state index in [0.29, 0.717) is 15.3 Å². The molecule has 1 N–H and O–H groups in total. The molecule has 0 spiro atoms. The molecule has 0 saturated carbocycles. The molecule has 0 radical (unpaired) electrons. The number of hydrogen-bond donors (Lipinski definition) is 1. The van der Waals surface area contributed by atoms with Gasteiger partial charge < -0.3 is 24.1 Å². The predicted molar refractivity (Wildman–Crippen MR) is 114 cm³/mol. The topological polar surface area (TPSA) is 125 Å². The van der Waals surface area contributed by atoms with Crippen molar-refractivity contribution in [3.8, 4) is 0 Å². The number of thiophene rings is 1. The number of carboxylic acid groups (broad SMARTS) is 1. The lowest BCUT2D eigenvalue weighted by Gasteiger charge is -2.10. The van der Waals surface area contributed by atoms with E-state index in [2.05, 4.69) is 0 Å². The summed E-state index contributed by atoms with van der Waals surface area (Å²) in [5.74, 6) is -2.86. The van der Waals surface area contributed by atoms with Gasteiger partial charge in [0.15, 0.2) is 0 Å². The van der Waals surface area contributed by atoms with Crippen LogP contribution in [0.3, 0.4) is 0 Å². The monoisotopic (exact) mass is 464 g/mol. The van der Waals surface area contributed by atoms with Crippen molar-refractivity contribution < 1.29 is 43.2 Å². The molecular formula is C22H24O9S. The maximum Gasteiger partial charge on any atom is 0.332 e. The summed E-state index contributed by atoms with van der Waals surface area (Å²) < 4.78 is 19.7. The SMILES string of the molecule is C[C@@H](C(=O)OCCOCC(=O)OCCOCC(=O)O)c1ccc(C(=O)c2ccccc2)s1. The van der Waals surface area contributed by atoms with Crippen molar-refractivity contribution in [2.24, 2.45) is 0 Å². The van der Waals surface area contributed by atoms with E-state index in [4.69, 9.17) is 24.1 Å². The van der Waals surface area contributed by atoms with E-state index in [1.807, 2.05) is 6.07 Å². The molecule has 10 heteroatoms. The Hall–Kier alpha value is -3.08. The highest BCUT2D eigenvalue weighted by atomic mass is 32.1. The van der Waals surface area contributed by atoms with Crippen molar-refractivity contribution in [1.82, 2.24) is 0 Å². The van der Waals surface area contributed by atoms with Gasteiger partial charge >= 0.3 is 17.9 Å². The van der Waals surface area contributed by atoms with Crippen LogP contribution < -0.4 is 0 Å². The van der Waals surface area contributed by atoms with E-state index in [9.17, 15) is 19.2 Å². The van der Waals surface area contributed by atoms with E-state index in [-0.39, 0.29) is 38.8 Å². The van der Waals surface area contributed by atoms with E-state index in [0.717, 1.165) is 0 Å². The second-order valence-electron chi connectivity index (χ2n) is 6.51. The number of benzene rings is 1. The average Bonchev–Trinajstić information content (AvgIpc) is 3.28. The van der Waals surface area contributed by atoms with E-state index in [1.54, 1.807) is 43.3 Å². The normalized spacial score (nSPS) is 11.5. The number of carbonyl (C=O) groups excluding carboxylic acids is 3. The van der Waals surface area contributed by atoms with Crippen molar-refractivity contribution in [2.45, 2.75) is 12.8 Å². The van der Waals surface area contributed by atoms with Gasteiger partial charge in [-0.3, -0.25) is 9.59 Å². The fraction of sp³-hybridized carbons (Fsp3) is 0.364. The van der Waals surface area contributed by atoms with Gasteiger partial charge in [0.25, 0.3) is 0 Å². The van der Waals surface area contributed by atoms with Crippen molar-refractivity contribution in [3.05, 3.63) is 57.8 Å². The Balaban J connectivity index is 1.64. The smallest absolute Gasteiger partial charge is 0.332 e. The zero-order valence-corrected chi connectivity index (χ0v) is 18.3. The molecule has 0 unspecified atom stereocenters. The lowest BCUT2D eigenvalue weighted by molar-refractivity contribution is -0.153. The van der Waals surface area contributed by atoms with Crippen LogP contribution in [0.25, 0.3) is 0 Å². The Labute approximate surface area is 188 Å². The number of hydrogen-bond acceptors (Lipinski definition) is 9. The molecule has 0 aliphatic rings. The lowest BCUT2D eigenvalue weighted by atomic mass is 10.1. The van der Waals surface area contributed by atoms with Gasteiger partial charge in [-0.15, -0.1) is 11.3 Å². The van der Waals surface area contributed by atoms with Crippen molar-refractivity contribution in [2.75, 3.05) is 39.6 Å². The summed E-state index contributed by atoms with van der Waals surface area (Å²) >= 11 is 1.25. The predicted octanol–water partition coefficient (Wildman–Crippen LogP) is 2.29. The van der Waals surface area contributed by atoms with E-state index < -0.39 is 30.4 Å². The second-order valence-corrected chi connectivity index (χ2v) is 7.62. The lowest BCUT2D eigenvalue weighted by Crippen LogP contribution is -2.20. The number of aliphatic carboxylic acids is 1. The van der Waals surface area contributed by atoms with Gasteiger partial charge in [0.1, 0.15) is 26.4 Å². The van der Waals surface area contributed by atoms with Gasteiger partial charge in [0, 0.05) is 10.4 Å². The van der Waals surface area contributed by atoms with Crippen LogP contribution in [-0.4, -0.2) is 68.4 Å². The maximum absolute atomic E-state index is 12.5. The zero-order chi connectivity index (χ0) is 23.3. The highest BCUT2D eigenvalue weighted by Gasteiger charge is 2.21.